The van der Waals surface area contributed by atoms with Crippen LogP contribution in [-0.4, -0.2) is 40.7 Å². The number of nitrogens with one attached hydrogen (secondary N) is 1. The number of aliphatic hydroxyl groups excluding tert-OH is 2. The van der Waals surface area contributed by atoms with Crippen LogP contribution in [0.25, 0.3) is 0 Å². The summed E-state index contributed by atoms with van der Waals surface area (Å²) in [5, 5.41) is 19.6. The maximum atomic E-state index is 11.9. The summed E-state index contributed by atoms with van der Waals surface area (Å²) in [6, 6.07) is 4.55. The molecule has 0 bridgehead atoms. The van der Waals surface area contributed by atoms with E-state index >= 15 is 0 Å². The number of ether oxygens (including phenoxy) is 1. The summed E-state index contributed by atoms with van der Waals surface area (Å²) in [4.78, 5) is 11.2. The number of hydrogen-bond acceptors (Lipinski definition) is 4. The largest absolute Gasteiger partial charge is 0.573 e. The van der Waals surface area contributed by atoms with E-state index in [2.05, 4.69) is 10.1 Å². The van der Waals surface area contributed by atoms with Crippen LogP contribution in [0.4, 0.5) is 18.9 Å². The summed E-state index contributed by atoms with van der Waals surface area (Å²) in [5.41, 5.74) is 0.00856. The summed E-state index contributed by atoms with van der Waals surface area (Å²) in [6.45, 7) is -0.787. The van der Waals surface area contributed by atoms with Gasteiger partial charge in [0.25, 0.3) is 5.91 Å². The minimum atomic E-state index is -4.83. The lowest BCUT2D eigenvalue weighted by atomic mass is 10.2. The van der Waals surface area contributed by atoms with Gasteiger partial charge < -0.3 is 25.7 Å². The molecule has 1 amide bonds. The Hall–Kier alpha value is -1.84. The summed E-state index contributed by atoms with van der Waals surface area (Å²) >= 11 is 0. The van der Waals surface area contributed by atoms with E-state index in [1.807, 2.05) is 0 Å². The molecular weight excluding hydrogens is 271 g/mol. The van der Waals surface area contributed by atoms with Crippen molar-refractivity contribution in [2.45, 2.75) is 12.5 Å². The fourth-order valence-electron chi connectivity index (χ4n) is 1.08. The van der Waals surface area contributed by atoms with Crippen molar-refractivity contribution in [3.63, 3.8) is 0 Å². The van der Waals surface area contributed by atoms with Crippen LogP contribution < -0.4 is 10.1 Å². The zero-order chi connectivity index (χ0) is 13.8. The standard InChI is InChI=1S/C10H10F3NO4.H2O/c11-10(12,13)18-7-3-1-2-6(4-7)14-9(17)8(16)5-15;/h1-4,8,15-16H,5H2,(H,14,17);1H2. The maximum Gasteiger partial charge on any atom is 0.573 e. The van der Waals surface area contributed by atoms with Gasteiger partial charge in [0, 0.05) is 11.8 Å². The molecule has 1 rings (SSSR count). The Morgan fingerprint density at radius 3 is 2.58 bits per heavy atom. The van der Waals surface area contributed by atoms with Crippen LogP contribution in [0.2, 0.25) is 0 Å². The molecule has 0 aromatic heterocycles. The van der Waals surface area contributed by atoms with Crippen molar-refractivity contribution in [3.8, 4) is 5.75 Å². The first-order valence-corrected chi connectivity index (χ1v) is 4.77. The van der Waals surface area contributed by atoms with E-state index in [0.29, 0.717) is 0 Å². The molecule has 0 aliphatic heterocycles. The molecule has 1 aromatic carbocycles. The lowest BCUT2D eigenvalue weighted by Gasteiger charge is -2.11. The van der Waals surface area contributed by atoms with Crippen molar-refractivity contribution >= 4 is 11.6 Å². The van der Waals surface area contributed by atoms with E-state index in [0.717, 1.165) is 12.1 Å². The van der Waals surface area contributed by atoms with Crippen LogP contribution in [0.3, 0.4) is 0 Å². The topological polar surface area (TPSA) is 110 Å². The molecular formula is C10H12F3NO5. The van der Waals surface area contributed by atoms with Gasteiger partial charge in [-0.3, -0.25) is 4.79 Å². The average Bonchev–Trinajstić information content (AvgIpc) is 2.26. The predicted octanol–water partition coefficient (Wildman–Crippen LogP) is 0.0522. The highest BCUT2D eigenvalue weighted by molar-refractivity contribution is 5.94. The van der Waals surface area contributed by atoms with Gasteiger partial charge in [0.2, 0.25) is 0 Å². The van der Waals surface area contributed by atoms with Crippen molar-refractivity contribution in [1.29, 1.82) is 0 Å². The zero-order valence-corrected chi connectivity index (χ0v) is 9.44. The third-order valence-electron chi connectivity index (χ3n) is 1.81. The summed E-state index contributed by atoms with van der Waals surface area (Å²) < 4.78 is 39.5. The van der Waals surface area contributed by atoms with Crippen molar-refractivity contribution in [3.05, 3.63) is 24.3 Å². The van der Waals surface area contributed by atoms with Gasteiger partial charge in [0.05, 0.1) is 6.61 Å². The highest BCUT2D eigenvalue weighted by Crippen LogP contribution is 2.24. The normalized spacial score (nSPS) is 12.3. The minimum absolute atomic E-state index is 0. The average molecular weight is 283 g/mol. The van der Waals surface area contributed by atoms with E-state index in [-0.39, 0.29) is 11.2 Å². The van der Waals surface area contributed by atoms with Gasteiger partial charge in [-0.05, 0) is 12.1 Å². The molecule has 1 unspecified atom stereocenters. The van der Waals surface area contributed by atoms with E-state index in [1.54, 1.807) is 0 Å². The van der Waals surface area contributed by atoms with E-state index in [4.69, 9.17) is 10.2 Å². The lowest BCUT2D eigenvalue weighted by Crippen LogP contribution is -2.30. The molecule has 0 saturated carbocycles. The Labute approximate surface area is 105 Å². The van der Waals surface area contributed by atoms with Crippen LogP contribution in [-0.2, 0) is 4.79 Å². The van der Waals surface area contributed by atoms with Crippen molar-refractivity contribution in [2.75, 3.05) is 11.9 Å². The monoisotopic (exact) mass is 283 g/mol. The highest BCUT2D eigenvalue weighted by Gasteiger charge is 2.31. The quantitative estimate of drug-likeness (QED) is 0.725. The van der Waals surface area contributed by atoms with Crippen LogP contribution in [0.1, 0.15) is 0 Å². The van der Waals surface area contributed by atoms with Crippen molar-refractivity contribution in [1.82, 2.24) is 0 Å². The van der Waals surface area contributed by atoms with Gasteiger partial charge in [-0.15, -0.1) is 13.2 Å². The third-order valence-corrected chi connectivity index (χ3v) is 1.81. The summed E-state index contributed by atoms with van der Waals surface area (Å²) in [6.07, 6.45) is -6.47. The number of alkyl halides is 3. The second kappa shape index (κ2) is 6.92. The summed E-state index contributed by atoms with van der Waals surface area (Å²) in [5.74, 6) is -1.43. The van der Waals surface area contributed by atoms with Gasteiger partial charge in [0.15, 0.2) is 6.10 Å². The molecule has 0 radical (unpaired) electrons. The smallest absolute Gasteiger partial charge is 0.412 e. The lowest BCUT2D eigenvalue weighted by molar-refractivity contribution is -0.274. The molecule has 19 heavy (non-hydrogen) atoms. The second-order valence-electron chi connectivity index (χ2n) is 3.26. The molecule has 1 aromatic rings. The van der Waals surface area contributed by atoms with E-state index in [9.17, 15) is 18.0 Å². The third kappa shape index (κ3) is 6.04. The van der Waals surface area contributed by atoms with Gasteiger partial charge in [-0.2, -0.15) is 0 Å². The van der Waals surface area contributed by atoms with Gasteiger partial charge in [-0.1, -0.05) is 6.07 Å². The van der Waals surface area contributed by atoms with Gasteiger partial charge >= 0.3 is 6.36 Å². The Morgan fingerprint density at radius 1 is 1.42 bits per heavy atom. The number of anilines is 1. The number of amides is 1. The number of rotatable bonds is 4. The van der Waals surface area contributed by atoms with Crippen molar-refractivity contribution in [2.24, 2.45) is 0 Å². The molecule has 0 fully saturated rings. The number of carbonyl (C=O) groups is 1. The van der Waals surface area contributed by atoms with Crippen LogP contribution in [0.5, 0.6) is 5.75 Å². The van der Waals surface area contributed by atoms with Crippen LogP contribution in [0.15, 0.2) is 24.3 Å². The molecule has 0 spiro atoms. The number of benzene rings is 1. The first kappa shape index (κ1) is 17.2. The van der Waals surface area contributed by atoms with Crippen molar-refractivity contribution < 1.29 is 38.4 Å². The molecule has 5 N–H and O–H groups in total. The molecule has 0 aliphatic rings. The van der Waals surface area contributed by atoms with Crippen LogP contribution >= 0.6 is 0 Å². The van der Waals surface area contributed by atoms with Crippen LogP contribution in [0, 0.1) is 0 Å². The SMILES string of the molecule is O.O=C(Nc1cccc(OC(F)(F)F)c1)C(O)CO. The minimum Gasteiger partial charge on any atom is -0.412 e. The fourth-order valence-corrected chi connectivity index (χ4v) is 1.08. The fraction of sp³-hybridized carbons (Fsp3) is 0.300. The Balaban J connectivity index is 0.00000324. The molecule has 9 heteroatoms. The number of carbonyl (C=O) groups excluding carboxylic acids is 1. The maximum absolute atomic E-state index is 11.9. The molecule has 108 valence electrons. The van der Waals surface area contributed by atoms with E-state index in [1.165, 1.54) is 12.1 Å². The first-order chi connectivity index (χ1) is 8.31. The predicted molar refractivity (Wildman–Crippen MR) is 58.5 cm³/mol. The van der Waals surface area contributed by atoms with E-state index < -0.39 is 30.7 Å². The molecule has 6 nitrogen and oxygen atoms in total. The molecule has 0 saturated heterocycles. The Morgan fingerprint density at radius 2 is 2.05 bits per heavy atom. The number of aliphatic hydroxyl groups is 2. The molecule has 0 heterocycles. The number of hydrogen-bond donors (Lipinski definition) is 3. The highest BCUT2D eigenvalue weighted by atomic mass is 19.4. The molecule has 0 aliphatic carbocycles. The Bertz CT molecular complexity index is 424. The summed E-state index contributed by atoms with van der Waals surface area (Å²) in [7, 11) is 0. The zero-order valence-electron chi connectivity index (χ0n) is 9.44. The molecule has 1 atom stereocenters. The second-order valence-corrected chi connectivity index (χ2v) is 3.26. The number of halogens is 3. The Kier molecular flexibility index (Phi) is 6.25. The first-order valence-electron chi connectivity index (χ1n) is 4.77. The van der Waals surface area contributed by atoms with Gasteiger partial charge in [0.1, 0.15) is 5.75 Å². The van der Waals surface area contributed by atoms with Gasteiger partial charge in [-0.25, -0.2) is 0 Å².